The Balaban J connectivity index is 1.43. The van der Waals surface area contributed by atoms with Gasteiger partial charge in [0.05, 0.1) is 17.0 Å². The molecule has 1 saturated heterocycles. The number of nitrogens with one attached hydrogen (secondary N) is 2. The summed E-state index contributed by atoms with van der Waals surface area (Å²) in [6.07, 6.45) is 3.22. The molecule has 1 aromatic carbocycles. The minimum Gasteiger partial charge on any atom is -0.365 e. The Morgan fingerprint density at radius 2 is 2.17 bits per heavy atom. The van der Waals surface area contributed by atoms with E-state index in [1.165, 1.54) is 17.4 Å². The smallest absolute Gasteiger partial charge is 0.258 e. The maximum Gasteiger partial charge on any atom is 0.258 e. The molecule has 8 heteroatoms. The van der Waals surface area contributed by atoms with Crippen LogP contribution in [0.5, 0.6) is 0 Å². The molecule has 1 aromatic heterocycles. The fourth-order valence-electron chi connectivity index (χ4n) is 4.25. The molecule has 2 amide bonds. The van der Waals surface area contributed by atoms with Crippen LogP contribution in [0.4, 0.5) is 4.39 Å². The van der Waals surface area contributed by atoms with Crippen molar-refractivity contribution in [2.75, 3.05) is 0 Å². The van der Waals surface area contributed by atoms with Gasteiger partial charge in [0.2, 0.25) is 5.91 Å². The Kier molecular flexibility index (Phi) is 5.35. The van der Waals surface area contributed by atoms with Crippen molar-refractivity contribution in [3.63, 3.8) is 0 Å². The molecule has 1 aliphatic heterocycles. The number of halogens is 1. The topological polar surface area (TPSA) is 108 Å². The number of fused-ring (bicyclic) bond motifs is 2. The zero-order valence-corrected chi connectivity index (χ0v) is 16.5. The Labute approximate surface area is 171 Å². The number of primary amides is 1. The first kappa shape index (κ1) is 19.6. The summed E-state index contributed by atoms with van der Waals surface area (Å²) in [5.41, 5.74) is 6.25. The quantitative estimate of drug-likeness (QED) is 0.677. The van der Waals surface area contributed by atoms with Crippen LogP contribution in [-0.2, 0) is 11.2 Å². The van der Waals surface area contributed by atoms with Crippen molar-refractivity contribution in [3.05, 3.63) is 46.6 Å². The van der Waals surface area contributed by atoms with Gasteiger partial charge in [-0.1, -0.05) is 12.1 Å². The van der Waals surface area contributed by atoms with Crippen molar-refractivity contribution in [2.45, 2.75) is 43.8 Å². The van der Waals surface area contributed by atoms with Crippen molar-refractivity contribution >= 4 is 23.2 Å². The van der Waals surface area contributed by atoms with Crippen LogP contribution in [0.1, 0.15) is 34.5 Å². The van der Waals surface area contributed by atoms with Gasteiger partial charge in [-0.3, -0.25) is 9.59 Å². The van der Waals surface area contributed by atoms with Gasteiger partial charge in [0.15, 0.2) is 0 Å². The fraction of sp³-hybridized carbons (Fsp3) is 0.381. The average Bonchev–Trinajstić information content (AvgIpc) is 3.45. The lowest BCUT2D eigenvalue weighted by atomic mass is 9.98. The van der Waals surface area contributed by atoms with Crippen LogP contribution in [0, 0.1) is 23.1 Å². The number of hydrogen-bond donors (Lipinski definition) is 3. The third kappa shape index (κ3) is 4.02. The van der Waals surface area contributed by atoms with Crippen LogP contribution in [0.15, 0.2) is 30.3 Å². The van der Waals surface area contributed by atoms with E-state index in [0.717, 1.165) is 24.1 Å². The molecular formula is C21H21FN4O2S. The van der Waals surface area contributed by atoms with Gasteiger partial charge >= 0.3 is 0 Å². The van der Waals surface area contributed by atoms with E-state index in [1.807, 2.05) is 0 Å². The lowest BCUT2D eigenvalue weighted by molar-refractivity contribution is -0.124. The lowest BCUT2D eigenvalue weighted by Crippen LogP contribution is -2.50. The molecule has 0 radical (unpaired) electrons. The normalized spacial score (nSPS) is 23.5. The van der Waals surface area contributed by atoms with Crippen molar-refractivity contribution in [1.82, 2.24) is 10.6 Å². The first-order valence-electron chi connectivity index (χ1n) is 9.59. The third-order valence-electron chi connectivity index (χ3n) is 5.73. The molecule has 1 saturated carbocycles. The molecule has 4 atom stereocenters. The summed E-state index contributed by atoms with van der Waals surface area (Å²) < 4.78 is 14.6. The maximum absolute atomic E-state index is 14.6. The van der Waals surface area contributed by atoms with Gasteiger partial charge < -0.3 is 16.4 Å². The highest BCUT2D eigenvalue weighted by Gasteiger charge is 2.43. The minimum atomic E-state index is -0.799. The zero-order chi connectivity index (χ0) is 20.5. The molecule has 150 valence electrons. The van der Waals surface area contributed by atoms with Gasteiger partial charge in [-0.15, -0.1) is 11.3 Å². The number of nitrogens with zero attached hydrogens (tertiary/aromatic N) is 1. The Hall–Kier alpha value is -2.76. The Bertz CT molecular complexity index is 999. The second kappa shape index (κ2) is 7.93. The number of carbonyl (C=O) groups excluding carboxylic acids is 2. The molecule has 2 heterocycles. The van der Waals surface area contributed by atoms with Crippen LogP contribution >= 0.6 is 11.3 Å². The van der Waals surface area contributed by atoms with Crippen LogP contribution in [0.3, 0.4) is 0 Å². The second-order valence-electron chi connectivity index (χ2n) is 7.64. The number of carbonyl (C=O) groups is 2. The van der Waals surface area contributed by atoms with Crippen LogP contribution in [0.2, 0.25) is 0 Å². The van der Waals surface area contributed by atoms with E-state index in [-0.39, 0.29) is 18.4 Å². The molecule has 2 fully saturated rings. The molecule has 6 nitrogen and oxygen atoms in total. The highest BCUT2D eigenvalue weighted by atomic mass is 32.1. The Morgan fingerprint density at radius 3 is 2.76 bits per heavy atom. The number of thiophene rings is 1. The highest BCUT2D eigenvalue weighted by molar-refractivity contribution is 7.17. The van der Waals surface area contributed by atoms with Gasteiger partial charge in [0.25, 0.3) is 5.91 Å². The van der Waals surface area contributed by atoms with E-state index in [1.54, 1.807) is 24.3 Å². The van der Waals surface area contributed by atoms with Crippen molar-refractivity contribution in [1.29, 1.82) is 5.26 Å². The second-order valence-corrected chi connectivity index (χ2v) is 8.73. The van der Waals surface area contributed by atoms with E-state index in [4.69, 9.17) is 5.73 Å². The molecule has 1 aliphatic carbocycles. The minimum absolute atomic E-state index is 0.0894. The number of amides is 2. The van der Waals surface area contributed by atoms with E-state index >= 15 is 0 Å². The molecule has 2 aromatic rings. The Morgan fingerprint density at radius 1 is 1.34 bits per heavy atom. The van der Waals surface area contributed by atoms with Gasteiger partial charge in [0.1, 0.15) is 11.9 Å². The van der Waals surface area contributed by atoms with Crippen LogP contribution in [0.25, 0.3) is 10.4 Å². The van der Waals surface area contributed by atoms with E-state index in [0.29, 0.717) is 28.0 Å². The van der Waals surface area contributed by atoms with E-state index in [2.05, 4.69) is 16.7 Å². The molecule has 2 aliphatic rings. The average molecular weight is 412 g/mol. The van der Waals surface area contributed by atoms with E-state index in [9.17, 15) is 19.2 Å². The molecule has 29 heavy (non-hydrogen) atoms. The van der Waals surface area contributed by atoms with Gasteiger partial charge in [-0.2, -0.15) is 5.26 Å². The number of benzene rings is 1. The predicted molar refractivity (Wildman–Crippen MR) is 108 cm³/mol. The summed E-state index contributed by atoms with van der Waals surface area (Å²) in [7, 11) is 0. The molecule has 0 unspecified atom stereocenters. The first-order chi connectivity index (χ1) is 13.9. The monoisotopic (exact) mass is 412 g/mol. The summed E-state index contributed by atoms with van der Waals surface area (Å²) in [6.45, 7) is 0. The van der Waals surface area contributed by atoms with Gasteiger partial charge in [-0.05, 0) is 54.5 Å². The number of nitriles is 1. The summed E-state index contributed by atoms with van der Waals surface area (Å²) in [4.78, 5) is 24.9. The number of nitrogens with two attached hydrogens (primary N) is 1. The summed E-state index contributed by atoms with van der Waals surface area (Å²) in [5.74, 6) is -0.829. The standard InChI is InChI=1S/C21H21FN4O2S/c22-16-9-12(17-5-6-18(29-17)20(24)27)2-1-11(16)7-15(10-23)26-21(28)19-13-3-4-14(8-13)25-19/h1-2,5-6,9,13-15,19,25H,3-4,7-8H2,(H2,24,27)(H,26,28)/t13-,14+,15-,19-/m0/s1. The molecule has 4 rings (SSSR count). The summed E-state index contributed by atoms with van der Waals surface area (Å²) in [5, 5.41) is 15.5. The first-order valence-corrected chi connectivity index (χ1v) is 10.4. The van der Waals surface area contributed by atoms with Gasteiger partial charge in [0, 0.05) is 17.3 Å². The highest BCUT2D eigenvalue weighted by Crippen LogP contribution is 2.35. The van der Waals surface area contributed by atoms with Crippen LogP contribution < -0.4 is 16.4 Å². The lowest BCUT2D eigenvalue weighted by Gasteiger charge is -2.23. The number of piperidine rings is 1. The number of hydrogen-bond acceptors (Lipinski definition) is 5. The van der Waals surface area contributed by atoms with E-state index < -0.39 is 17.8 Å². The molecule has 4 N–H and O–H groups in total. The summed E-state index contributed by atoms with van der Waals surface area (Å²) in [6, 6.07) is 9.46. The van der Waals surface area contributed by atoms with Crippen LogP contribution in [-0.4, -0.2) is 29.9 Å². The molecule has 0 spiro atoms. The molecule has 2 bridgehead atoms. The largest absolute Gasteiger partial charge is 0.365 e. The number of rotatable bonds is 6. The van der Waals surface area contributed by atoms with Crippen molar-refractivity contribution < 1.29 is 14.0 Å². The fourth-order valence-corrected chi connectivity index (χ4v) is 5.11. The maximum atomic E-state index is 14.6. The van der Waals surface area contributed by atoms with Gasteiger partial charge in [-0.25, -0.2) is 4.39 Å². The molecular weight excluding hydrogens is 391 g/mol. The predicted octanol–water partition coefficient (Wildman–Crippen LogP) is 2.34. The summed E-state index contributed by atoms with van der Waals surface area (Å²) >= 11 is 1.20. The third-order valence-corrected chi connectivity index (χ3v) is 6.87. The van der Waals surface area contributed by atoms with Crippen molar-refractivity contribution in [2.24, 2.45) is 11.7 Å². The zero-order valence-electron chi connectivity index (χ0n) is 15.7. The SMILES string of the molecule is N#C[C@H](Cc1ccc(-c2ccc(C(N)=O)s2)cc1F)NC(=O)[C@H]1N[C@@H]2CC[C@H]1C2. The van der Waals surface area contributed by atoms with Crippen molar-refractivity contribution in [3.8, 4) is 16.5 Å².